The van der Waals surface area contributed by atoms with E-state index in [0.29, 0.717) is 17.0 Å². The molecule has 2 heterocycles. The first-order chi connectivity index (χ1) is 34.8. The average molecular weight is 924 g/mol. The number of aromatic nitrogens is 3. The molecule has 0 aliphatic rings. The monoisotopic (exact) mass is 924 g/mol. The summed E-state index contributed by atoms with van der Waals surface area (Å²) in [4.78, 5) is 10.6. The Hall–Kier alpha value is -7.04. The van der Waals surface area contributed by atoms with Gasteiger partial charge in [-0.25, -0.2) is 4.98 Å². The zero-order chi connectivity index (χ0) is 53.2. The van der Waals surface area contributed by atoms with Crippen LogP contribution in [-0.2, 0) is 10.8 Å². The molecule has 4 nitrogen and oxygen atoms in total. The van der Waals surface area contributed by atoms with Gasteiger partial charge in [0.1, 0.15) is 11.6 Å². The summed E-state index contributed by atoms with van der Waals surface area (Å²) in [5.41, 5.74) is 16.7. The lowest BCUT2D eigenvalue weighted by molar-refractivity contribution is 0.466. The zero-order valence-electron chi connectivity index (χ0n) is 47.0. The van der Waals surface area contributed by atoms with E-state index in [0.717, 1.165) is 94.7 Å². The number of aromatic hydroxyl groups is 1. The molecule has 0 amide bonds. The predicted molar refractivity (Wildman–Crippen MR) is 298 cm³/mol. The van der Waals surface area contributed by atoms with Crippen LogP contribution < -0.4 is 0 Å². The van der Waals surface area contributed by atoms with Gasteiger partial charge in [0, 0.05) is 28.4 Å². The highest BCUT2D eigenvalue weighted by Crippen LogP contribution is 2.46. The molecule has 7 aromatic carbocycles. The maximum absolute atomic E-state index is 12.6. The van der Waals surface area contributed by atoms with Gasteiger partial charge in [0.15, 0.2) is 0 Å². The van der Waals surface area contributed by atoms with Crippen molar-refractivity contribution in [1.29, 1.82) is 0 Å². The Morgan fingerprint density at radius 1 is 0.529 bits per heavy atom. The second kappa shape index (κ2) is 18.7. The van der Waals surface area contributed by atoms with E-state index in [1.165, 1.54) is 0 Å². The first-order valence-electron chi connectivity index (χ1n) is 26.7. The molecule has 0 fully saturated rings. The van der Waals surface area contributed by atoms with Crippen molar-refractivity contribution in [3.63, 3.8) is 0 Å². The predicted octanol–water partition coefficient (Wildman–Crippen LogP) is 18.4. The summed E-state index contributed by atoms with van der Waals surface area (Å²) in [6.07, 6.45) is 1.86. The van der Waals surface area contributed by atoms with Gasteiger partial charge in [0.05, 0.1) is 28.0 Å². The minimum atomic E-state index is -2.44. The Bertz CT molecular complexity index is 3530. The van der Waals surface area contributed by atoms with Crippen LogP contribution in [-0.4, -0.2) is 19.6 Å². The highest BCUT2D eigenvalue weighted by molar-refractivity contribution is 5.98. The van der Waals surface area contributed by atoms with Crippen molar-refractivity contribution in [3.8, 4) is 78.6 Å². The Labute approximate surface area is 422 Å². The van der Waals surface area contributed by atoms with E-state index in [4.69, 9.17) is 15.5 Å². The molecule has 2 aromatic heterocycles. The van der Waals surface area contributed by atoms with Crippen LogP contribution in [0.3, 0.4) is 0 Å². The van der Waals surface area contributed by atoms with Gasteiger partial charge in [-0.1, -0.05) is 186 Å². The topological polar surface area (TPSA) is 50.9 Å². The number of phenolic OH excluding ortho intramolecular Hbond substituents is 1. The molecular formula is C66H69N3O. The molecule has 354 valence electrons. The van der Waals surface area contributed by atoms with E-state index in [1.807, 2.05) is 80.7 Å². The number of imidazole rings is 1. The molecule has 0 saturated carbocycles. The summed E-state index contributed by atoms with van der Waals surface area (Å²) in [7, 11) is 0. The number of nitrogens with zero attached hydrogens (tertiary/aromatic N) is 3. The molecule has 9 rings (SSSR count). The molecule has 4 heteroatoms. The number of aryl methyl sites for hydroxylation is 1. The first kappa shape index (κ1) is 43.0. The summed E-state index contributed by atoms with van der Waals surface area (Å²) in [5.74, 6) is 0.185. The van der Waals surface area contributed by atoms with Gasteiger partial charge in [0.2, 0.25) is 0 Å². The second-order valence-corrected chi connectivity index (χ2v) is 21.9. The lowest BCUT2D eigenvalue weighted by Gasteiger charge is -2.22. The van der Waals surface area contributed by atoms with Gasteiger partial charge < -0.3 is 5.11 Å². The van der Waals surface area contributed by atoms with E-state index in [-0.39, 0.29) is 34.0 Å². The molecule has 0 aliphatic heterocycles. The van der Waals surface area contributed by atoms with Crippen LogP contribution in [0.1, 0.15) is 140 Å². The van der Waals surface area contributed by atoms with Crippen LogP contribution >= 0.6 is 0 Å². The lowest BCUT2D eigenvalue weighted by atomic mass is 9.83. The lowest BCUT2D eigenvalue weighted by Crippen LogP contribution is -2.11. The van der Waals surface area contributed by atoms with E-state index in [1.54, 1.807) is 0 Å². The third kappa shape index (κ3) is 9.37. The normalized spacial score (nSPS) is 13.4. The number of hydrogen-bond acceptors (Lipinski definition) is 3. The maximum atomic E-state index is 12.6. The fourth-order valence-corrected chi connectivity index (χ4v) is 9.52. The van der Waals surface area contributed by atoms with Crippen molar-refractivity contribution in [2.24, 2.45) is 0 Å². The molecule has 9 aromatic rings. The number of fused-ring (bicyclic) bond motifs is 1. The number of pyridine rings is 1. The van der Waals surface area contributed by atoms with E-state index in [2.05, 4.69) is 165 Å². The Balaban J connectivity index is 1.37. The quantitative estimate of drug-likeness (QED) is 0.149. The summed E-state index contributed by atoms with van der Waals surface area (Å²) >= 11 is 0. The van der Waals surface area contributed by atoms with Crippen LogP contribution in [0.25, 0.3) is 83.9 Å². The molecular weight excluding hydrogens is 851 g/mol. The number of rotatable bonds is 10. The number of benzene rings is 7. The van der Waals surface area contributed by atoms with Crippen molar-refractivity contribution in [1.82, 2.24) is 14.5 Å². The van der Waals surface area contributed by atoms with Gasteiger partial charge in [-0.15, -0.1) is 0 Å². The zero-order valence-corrected chi connectivity index (χ0v) is 43.0. The van der Waals surface area contributed by atoms with Crippen molar-refractivity contribution in [3.05, 3.63) is 191 Å². The van der Waals surface area contributed by atoms with Crippen molar-refractivity contribution in [2.75, 3.05) is 0 Å². The molecule has 0 aliphatic carbocycles. The molecule has 1 N–H and O–H groups in total. The molecule has 0 spiro atoms. The van der Waals surface area contributed by atoms with Crippen molar-refractivity contribution >= 4 is 11.0 Å². The van der Waals surface area contributed by atoms with Gasteiger partial charge >= 0.3 is 0 Å². The molecule has 0 atom stereocenters. The van der Waals surface area contributed by atoms with Crippen LogP contribution in [0, 0.1) is 6.85 Å². The Morgan fingerprint density at radius 3 is 1.84 bits per heavy atom. The van der Waals surface area contributed by atoms with Crippen LogP contribution in [0.4, 0.5) is 0 Å². The standard InChI is InChI=1S/C66H69N3O/c1-40(2)44-22-24-45(25-23-44)48-30-31-67-59(38-48)51-33-50(34-53(35-51)66(11,12)13)54-20-17-21-60-62(54)68-64(58-37-49(41(3)4)36-55(42(5)6)63(58)70)69(60)61-39-56(46-18-15-14-16-19-46)43(7)32-57(61)47-26-28-52(29-27-47)65(8,9)10/h14-42,70H,1-13H3/i7D3,40D. The van der Waals surface area contributed by atoms with Gasteiger partial charge in [-0.05, 0) is 151 Å². The molecule has 70 heavy (non-hydrogen) atoms. The fraction of sp³-hybridized carbons (Fsp3) is 0.273. The summed E-state index contributed by atoms with van der Waals surface area (Å²) < 4.78 is 37.6. The molecule has 0 saturated heterocycles. The van der Waals surface area contributed by atoms with Crippen LogP contribution in [0.5, 0.6) is 5.75 Å². The molecule has 0 radical (unpaired) electrons. The summed E-state index contributed by atoms with van der Waals surface area (Å²) in [6, 6.07) is 51.7. The summed E-state index contributed by atoms with van der Waals surface area (Å²) in [5, 5.41) is 12.6. The Kier molecular flexibility index (Phi) is 11.5. The average Bonchev–Trinajstić information content (AvgIpc) is 3.74. The van der Waals surface area contributed by atoms with Crippen LogP contribution in [0.15, 0.2) is 158 Å². The smallest absolute Gasteiger partial charge is 0.149 e. The minimum Gasteiger partial charge on any atom is -0.507 e. The van der Waals surface area contributed by atoms with Gasteiger partial charge in [0.25, 0.3) is 0 Å². The number of para-hydroxylation sites is 1. The minimum absolute atomic E-state index is 0.0152. The third-order valence-corrected chi connectivity index (χ3v) is 13.9. The van der Waals surface area contributed by atoms with Crippen LogP contribution in [0.2, 0.25) is 0 Å². The number of hydrogen-bond donors (Lipinski definition) is 1. The third-order valence-electron chi connectivity index (χ3n) is 13.9. The molecule has 0 bridgehead atoms. The number of phenols is 1. The van der Waals surface area contributed by atoms with Crippen molar-refractivity contribution < 1.29 is 10.6 Å². The summed E-state index contributed by atoms with van der Waals surface area (Å²) in [6.45, 7) is 23.1. The second-order valence-electron chi connectivity index (χ2n) is 21.9. The first-order valence-corrected chi connectivity index (χ1v) is 24.7. The molecule has 0 unspecified atom stereocenters. The SMILES string of the molecule is [2H]C([2H])([2H])c1cc(-c2ccc(C(C)(C)C)cc2)c(-n2c(-c3cc(C(C)C)cc(C(C)C)c3O)nc3c(-c4cc(-c5cc(-c6ccc(C([2H])(C)C)cc6)ccn5)cc(C(C)(C)C)c4)cccc32)cc1-c1ccccc1. The highest BCUT2D eigenvalue weighted by atomic mass is 16.3. The van der Waals surface area contributed by atoms with E-state index in [9.17, 15) is 5.11 Å². The van der Waals surface area contributed by atoms with Gasteiger partial charge in [-0.3, -0.25) is 9.55 Å². The highest BCUT2D eigenvalue weighted by Gasteiger charge is 2.27. The fourth-order valence-electron chi connectivity index (χ4n) is 9.52. The van der Waals surface area contributed by atoms with Gasteiger partial charge in [-0.2, -0.15) is 0 Å². The van der Waals surface area contributed by atoms with E-state index < -0.39 is 12.7 Å². The Morgan fingerprint density at radius 2 is 1.20 bits per heavy atom. The van der Waals surface area contributed by atoms with Crippen molar-refractivity contribution in [2.45, 2.75) is 118 Å². The maximum Gasteiger partial charge on any atom is 0.149 e. The largest absolute Gasteiger partial charge is 0.507 e. The van der Waals surface area contributed by atoms with E-state index >= 15 is 0 Å².